The smallest absolute Gasteiger partial charge is 0.0579 e. The number of nitrogens with zero attached hydrogens (tertiary/aromatic N) is 2. The Morgan fingerprint density at radius 2 is 0.732 bits per heavy atom. The summed E-state index contributed by atoms with van der Waals surface area (Å²) in [5, 5.41) is 7.98. The monoisotopic (exact) mass is 946 g/mol. The zero-order chi connectivity index (χ0) is 48.5. The van der Waals surface area contributed by atoms with Gasteiger partial charge in [-0.15, -0.1) is 0 Å². The van der Waals surface area contributed by atoms with E-state index in [0.717, 1.165) is 34.1 Å². The molecule has 0 aromatic heterocycles. The Kier molecular flexibility index (Phi) is 10.8. The van der Waals surface area contributed by atoms with Gasteiger partial charge in [0.1, 0.15) is 0 Å². The van der Waals surface area contributed by atoms with E-state index in [0.29, 0.717) is 0 Å². The summed E-state index contributed by atoms with van der Waals surface area (Å²) in [7, 11) is -4.33. The topological polar surface area (TPSA) is 6.48 Å². The van der Waals surface area contributed by atoms with Crippen LogP contribution in [0.15, 0.2) is 243 Å². The zero-order valence-electron chi connectivity index (χ0n) is 41.5. The van der Waals surface area contributed by atoms with Crippen LogP contribution in [0.25, 0.3) is 65.7 Å². The van der Waals surface area contributed by atoms with Gasteiger partial charge in [0.25, 0.3) is 0 Å². The molecule has 4 heteroatoms. The van der Waals surface area contributed by atoms with Crippen molar-refractivity contribution in [1.82, 2.24) is 0 Å². The first kappa shape index (κ1) is 44.4. The van der Waals surface area contributed by atoms with Crippen LogP contribution in [0.2, 0.25) is 39.3 Å². The first-order valence-electron chi connectivity index (χ1n) is 25.1. The van der Waals surface area contributed by atoms with E-state index in [-0.39, 0.29) is 4.66 Å². The highest BCUT2D eigenvalue weighted by Gasteiger charge is 2.60. The van der Waals surface area contributed by atoms with Crippen LogP contribution in [0.5, 0.6) is 0 Å². The van der Waals surface area contributed by atoms with Gasteiger partial charge in [-0.2, -0.15) is 0 Å². The van der Waals surface area contributed by atoms with Crippen molar-refractivity contribution in [3.63, 3.8) is 0 Å². The van der Waals surface area contributed by atoms with Crippen molar-refractivity contribution in [2.45, 2.75) is 43.9 Å². The van der Waals surface area contributed by atoms with E-state index in [4.69, 9.17) is 0 Å². The first-order valence-corrected chi connectivity index (χ1v) is 32.1. The highest BCUT2D eigenvalue weighted by Crippen LogP contribution is 2.63. The van der Waals surface area contributed by atoms with Crippen LogP contribution in [0.1, 0.15) is 11.1 Å². The Hall–Kier alpha value is -7.77. The molecule has 11 aromatic carbocycles. The van der Waals surface area contributed by atoms with Crippen LogP contribution in [-0.2, 0) is 4.66 Å². The lowest BCUT2D eigenvalue weighted by molar-refractivity contribution is 0.973. The van der Waals surface area contributed by atoms with Gasteiger partial charge in [-0.1, -0.05) is 221 Å². The summed E-state index contributed by atoms with van der Waals surface area (Å²) < 4.78 is -0.131. The third-order valence-electron chi connectivity index (χ3n) is 15.3. The zero-order valence-corrected chi connectivity index (χ0v) is 43.5. The van der Waals surface area contributed by atoms with Crippen molar-refractivity contribution < 1.29 is 0 Å². The van der Waals surface area contributed by atoms with Gasteiger partial charge in [-0.25, -0.2) is 0 Å². The summed E-state index contributed by atoms with van der Waals surface area (Å²) in [5.41, 5.74) is 17.6. The van der Waals surface area contributed by atoms with Crippen LogP contribution >= 0.6 is 0 Å². The fourth-order valence-corrected chi connectivity index (χ4v) is 25.9. The number of rotatable bonds is 10. The Labute approximate surface area is 421 Å². The second kappa shape index (κ2) is 17.3. The molecule has 0 saturated carbocycles. The summed E-state index contributed by atoms with van der Waals surface area (Å²) in [6, 6.07) is 90.0. The largest absolute Gasteiger partial charge is 0.310 e. The average Bonchev–Trinajstić information content (AvgIpc) is 3.75. The molecular weight excluding hydrogens is 889 g/mol. The van der Waals surface area contributed by atoms with E-state index >= 15 is 0 Å². The lowest BCUT2D eigenvalue weighted by atomic mass is 9.90. The van der Waals surface area contributed by atoms with Crippen LogP contribution in [0.4, 0.5) is 34.1 Å². The Bertz CT molecular complexity index is 3770. The maximum Gasteiger partial charge on any atom is 0.0579 e. The van der Waals surface area contributed by atoms with Crippen molar-refractivity contribution in [2.24, 2.45) is 0 Å². The van der Waals surface area contributed by atoms with E-state index in [2.05, 4.69) is 292 Å². The highest BCUT2D eigenvalue weighted by atomic mass is 28.4. The average molecular weight is 947 g/mol. The molecular formula is C67H58N2Si2. The van der Waals surface area contributed by atoms with Gasteiger partial charge in [0.15, 0.2) is 0 Å². The molecule has 0 radical (unpaired) electrons. The molecule has 344 valence electrons. The predicted molar refractivity (Wildman–Crippen MR) is 312 cm³/mol. The number of anilines is 6. The van der Waals surface area contributed by atoms with Crippen molar-refractivity contribution in [3.8, 4) is 33.4 Å². The number of hydrogen-bond donors (Lipinski definition) is 0. The molecule has 0 N–H and O–H groups in total. The molecule has 0 amide bonds. The minimum Gasteiger partial charge on any atom is -0.310 e. The maximum atomic E-state index is 2.65. The molecule has 0 atom stereocenters. The highest BCUT2D eigenvalue weighted by molar-refractivity contribution is 7.00. The van der Waals surface area contributed by atoms with E-state index in [1.807, 2.05) is 0 Å². The van der Waals surface area contributed by atoms with Gasteiger partial charge in [-0.3, -0.25) is 0 Å². The molecule has 1 aliphatic rings. The minimum atomic E-state index is -2.16. The van der Waals surface area contributed by atoms with Crippen LogP contribution < -0.4 is 9.80 Å². The number of hydrogen-bond acceptors (Lipinski definition) is 2. The SMILES string of the molecule is C[Si](C)(C)C1([Si](C)(C)C)c2c(ccc3cc(N(c4ccccc4)c4ccccc4-c4ccccc4)ccc23)-c2c1c1ccc(N(c3ccccc3)c3ccccc3-c3ccccc3)cc1c1ccccc21. The van der Waals surface area contributed by atoms with Crippen molar-refractivity contribution in [2.75, 3.05) is 9.80 Å². The fraction of sp³-hybridized carbons (Fsp3) is 0.104. The molecule has 12 rings (SSSR count). The lowest BCUT2D eigenvalue weighted by Crippen LogP contribution is -2.63. The van der Waals surface area contributed by atoms with Crippen molar-refractivity contribution >= 4 is 82.6 Å². The molecule has 0 aliphatic heterocycles. The Morgan fingerprint density at radius 3 is 1.25 bits per heavy atom. The summed E-state index contributed by atoms with van der Waals surface area (Å²) >= 11 is 0. The lowest BCUT2D eigenvalue weighted by Gasteiger charge is -2.52. The molecule has 11 aromatic rings. The standard InChI is InChI=1S/C67H58N2Si2/c1-70(2,3)67(71(4,5)6)65-56-43-40-52(68(50-29-15-9-16-30-50)62-37-23-21-33-54(62)47-25-11-7-12-26-47)45-49(56)39-42-60(65)64-58-36-20-19-35-57(58)61-46-53(41-44-59(61)66(64)67)69(51-31-17-10-18-32-51)63-38-24-22-34-55(63)48-27-13-8-14-28-48/h7-46H,1-6H3. The molecule has 0 heterocycles. The summed E-state index contributed by atoms with van der Waals surface area (Å²) in [6.45, 7) is 15.9. The molecule has 0 bridgehead atoms. The molecule has 2 nitrogen and oxygen atoms in total. The quantitative estimate of drug-likeness (QED) is 0.0996. The van der Waals surface area contributed by atoms with Gasteiger partial charge < -0.3 is 9.80 Å². The Balaban J connectivity index is 1.11. The number of fused-ring (bicyclic) bond motifs is 10. The van der Waals surface area contributed by atoms with Crippen molar-refractivity contribution in [1.29, 1.82) is 0 Å². The normalized spacial score (nSPS) is 13.0. The van der Waals surface area contributed by atoms with E-state index in [9.17, 15) is 0 Å². The minimum absolute atomic E-state index is 0.131. The summed E-state index contributed by atoms with van der Waals surface area (Å²) in [6.07, 6.45) is 0. The molecule has 71 heavy (non-hydrogen) atoms. The second-order valence-corrected chi connectivity index (χ2v) is 32.3. The van der Waals surface area contributed by atoms with Crippen LogP contribution in [0.3, 0.4) is 0 Å². The first-order chi connectivity index (χ1) is 34.5. The van der Waals surface area contributed by atoms with Gasteiger partial charge in [0.05, 0.1) is 27.5 Å². The number of para-hydroxylation sites is 4. The van der Waals surface area contributed by atoms with E-state index < -0.39 is 16.1 Å². The van der Waals surface area contributed by atoms with E-state index in [1.165, 1.54) is 65.7 Å². The molecule has 1 aliphatic carbocycles. The second-order valence-electron chi connectivity index (χ2n) is 21.3. The van der Waals surface area contributed by atoms with Crippen LogP contribution in [-0.4, -0.2) is 16.1 Å². The molecule has 0 spiro atoms. The third-order valence-corrected chi connectivity index (χ3v) is 25.3. The molecule has 0 saturated heterocycles. The van der Waals surface area contributed by atoms with Gasteiger partial charge in [0, 0.05) is 38.5 Å². The van der Waals surface area contributed by atoms with Gasteiger partial charge in [0.2, 0.25) is 0 Å². The molecule has 0 unspecified atom stereocenters. The summed E-state index contributed by atoms with van der Waals surface area (Å²) in [4.78, 5) is 4.91. The van der Waals surface area contributed by atoms with Crippen molar-refractivity contribution in [3.05, 3.63) is 254 Å². The maximum absolute atomic E-state index is 2.65. The summed E-state index contributed by atoms with van der Waals surface area (Å²) in [5.74, 6) is 0. The van der Waals surface area contributed by atoms with Crippen LogP contribution in [0, 0.1) is 0 Å². The predicted octanol–water partition coefficient (Wildman–Crippen LogP) is 19.4. The number of benzene rings is 11. The molecule has 0 fully saturated rings. The van der Waals surface area contributed by atoms with Gasteiger partial charge in [-0.05, 0) is 126 Å². The van der Waals surface area contributed by atoms with Gasteiger partial charge >= 0.3 is 0 Å². The third kappa shape index (κ3) is 7.11. The fourth-order valence-electron chi connectivity index (χ4n) is 12.9. The Morgan fingerprint density at radius 1 is 0.296 bits per heavy atom. The van der Waals surface area contributed by atoms with E-state index in [1.54, 1.807) is 11.1 Å².